The first-order valence-corrected chi connectivity index (χ1v) is 11.3. The molecule has 3 N–H and O–H groups in total. The number of nitrogens with two attached hydrogens (primary N) is 1. The van der Waals surface area contributed by atoms with Crippen molar-refractivity contribution in [2.24, 2.45) is 16.6 Å². The van der Waals surface area contributed by atoms with Crippen molar-refractivity contribution in [1.29, 1.82) is 0 Å². The van der Waals surface area contributed by atoms with Crippen LogP contribution in [-0.4, -0.2) is 61.9 Å². The van der Waals surface area contributed by atoms with E-state index in [4.69, 9.17) is 5.73 Å². The van der Waals surface area contributed by atoms with Crippen LogP contribution in [0.2, 0.25) is 0 Å². The maximum absolute atomic E-state index is 11.2. The van der Waals surface area contributed by atoms with Crippen molar-refractivity contribution in [3.8, 4) is 0 Å². The summed E-state index contributed by atoms with van der Waals surface area (Å²) in [5.41, 5.74) is 7.44. The van der Waals surface area contributed by atoms with Crippen LogP contribution in [0.25, 0.3) is 0 Å². The number of likely N-dealkylation sites (tertiary alicyclic amines) is 1. The number of nitrogens with one attached hydrogen (secondary N) is 1. The fourth-order valence-corrected chi connectivity index (χ4v) is 3.60. The molecule has 160 valence electrons. The molecule has 1 fully saturated rings. The minimum atomic E-state index is -0.127. The Morgan fingerprint density at radius 1 is 1.33 bits per heavy atom. The molecule has 0 aromatic rings. The Morgan fingerprint density at radius 3 is 2.33 bits per heavy atom. The zero-order valence-electron chi connectivity index (χ0n) is 18.4. The molecule has 1 amide bonds. The van der Waals surface area contributed by atoms with Gasteiger partial charge in [0, 0.05) is 24.3 Å². The van der Waals surface area contributed by atoms with E-state index >= 15 is 0 Å². The van der Waals surface area contributed by atoms with Crippen LogP contribution < -0.4 is 11.1 Å². The lowest BCUT2D eigenvalue weighted by Crippen LogP contribution is -2.41. The van der Waals surface area contributed by atoms with Crippen molar-refractivity contribution < 1.29 is 4.79 Å². The maximum Gasteiger partial charge on any atom is 0.220 e. The summed E-state index contributed by atoms with van der Waals surface area (Å²) >= 11 is 1.88. The Bertz CT molecular complexity index is 369. The Hall–Kier alpha value is -0.850. The molecular formula is C21H44N4OS. The molecule has 1 saturated heterocycles. The third kappa shape index (κ3) is 18.3. The summed E-state index contributed by atoms with van der Waals surface area (Å²) in [7, 11) is 3.75. The fourth-order valence-electron chi connectivity index (χ4n) is 2.63. The van der Waals surface area contributed by atoms with E-state index in [1.165, 1.54) is 19.3 Å². The van der Waals surface area contributed by atoms with E-state index in [-0.39, 0.29) is 11.8 Å². The van der Waals surface area contributed by atoms with Crippen molar-refractivity contribution in [2.75, 3.05) is 40.3 Å². The summed E-state index contributed by atoms with van der Waals surface area (Å²) in [5.74, 6) is -0.0348. The zero-order chi connectivity index (χ0) is 20.9. The number of primary amides is 1. The number of rotatable bonds is 10. The molecule has 6 heteroatoms. The molecule has 1 unspecified atom stereocenters. The van der Waals surface area contributed by atoms with Crippen molar-refractivity contribution in [3.05, 3.63) is 12.7 Å². The first kappa shape index (κ1) is 28.4. The van der Waals surface area contributed by atoms with Gasteiger partial charge in [-0.3, -0.25) is 9.79 Å². The van der Waals surface area contributed by atoms with Gasteiger partial charge in [0.1, 0.15) is 0 Å². The highest BCUT2D eigenvalue weighted by Crippen LogP contribution is 2.21. The average molecular weight is 401 g/mol. The third-order valence-electron chi connectivity index (χ3n) is 4.01. The molecule has 1 atom stereocenters. The first-order valence-electron chi connectivity index (χ1n) is 10.3. The van der Waals surface area contributed by atoms with E-state index in [2.05, 4.69) is 35.6 Å². The molecule has 0 aromatic carbocycles. The van der Waals surface area contributed by atoms with Crippen molar-refractivity contribution in [1.82, 2.24) is 10.2 Å². The third-order valence-corrected chi connectivity index (χ3v) is 5.05. The molecule has 1 rings (SSSR count). The number of aliphatic imine (C=N–C) groups is 1. The molecular weight excluding hydrogens is 356 g/mol. The normalized spacial score (nSPS) is 16.0. The van der Waals surface area contributed by atoms with E-state index in [0.29, 0.717) is 5.25 Å². The van der Waals surface area contributed by atoms with E-state index in [1.807, 2.05) is 38.3 Å². The van der Waals surface area contributed by atoms with Crippen LogP contribution in [0.4, 0.5) is 0 Å². The van der Waals surface area contributed by atoms with Crippen LogP contribution in [0.1, 0.15) is 59.3 Å². The number of thioether (sulfide) groups is 1. The molecule has 0 spiro atoms. The first-order chi connectivity index (χ1) is 13.0. The van der Waals surface area contributed by atoms with Gasteiger partial charge in [-0.05, 0) is 59.8 Å². The molecule has 1 aliphatic rings. The summed E-state index contributed by atoms with van der Waals surface area (Å²) in [6.45, 7) is 13.7. The van der Waals surface area contributed by atoms with Gasteiger partial charge in [0.15, 0.2) is 0 Å². The standard InChI is InChI=1S/C16H31N3OS.C3H6.C2H7N/c1-3-5-6-15(21-13-18-9-4-2)12-19-10-7-14(8-11-19)16(17)20;2*1-3-2/h13-15H,3-12H2,1-2H3,(H2,17,20);3H,1H2,2H3;3H,1-2H3. The van der Waals surface area contributed by atoms with Gasteiger partial charge in [0.25, 0.3) is 0 Å². The van der Waals surface area contributed by atoms with Gasteiger partial charge in [-0.1, -0.05) is 32.8 Å². The molecule has 0 radical (unpaired) electrons. The summed E-state index contributed by atoms with van der Waals surface area (Å²) in [6, 6.07) is 0. The highest BCUT2D eigenvalue weighted by atomic mass is 32.2. The lowest BCUT2D eigenvalue weighted by atomic mass is 9.96. The molecule has 5 nitrogen and oxygen atoms in total. The van der Waals surface area contributed by atoms with Gasteiger partial charge < -0.3 is 16.0 Å². The van der Waals surface area contributed by atoms with Crippen LogP contribution in [0.5, 0.6) is 0 Å². The number of piperidine rings is 1. The minimum absolute atomic E-state index is 0.0918. The summed E-state index contributed by atoms with van der Waals surface area (Å²) in [4.78, 5) is 18.1. The monoisotopic (exact) mass is 400 g/mol. The van der Waals surface area contributed by atoms with Crippen LogP contribution in [0.3, 0.4) is 0 Å². The lowest BCUT2D eigenvalue weighted by Gasteiger charge is -2.32. The quantitative estimate of drug-likeness (QED) is 0.331. The summed E-state index contributed by atoms with van der Waals surface area (Å²) < 4.78 is 0. The Labute approximate surface area is 172 Å². The number of allylic oxidation sites excluding steroid dienone is 1. The maximum atomic E-state index is 11.2. The Kier molecular flexibility index (Phi) is 22.5. The minimum Gasteiger partial charge on any atom is -0.369 e. The van der Waals surface area contributed by atoms with Crippen LogP contribution in [0.15, 0.2) is 17.6 Å². The van der Waals surface area contributed by atoms with Crippen molar-refractivity contribution in [3.63, 3.8) is 0 Å². The summed E-state index contributed by atoms with van der Waals surface area (Å²) in [5, 5.41) is 3.37. The van der Waals surface area contributed by atoms with Crippen molar-refractivity contribution >= 4 is 23.2 Å². The number of unbranched alkanes of at least 4 members (excludes halogenated alkanes) is 1. The van der Waals surface area contributed by atoms with E-state index in [9.17, 15) is 4.79 Å². The molecule has 27 heavy (non-hydrogen) atoms. The molecule has 1 aliphatic heterocycles. The highest BCUT2D eigenvalue weighted by molar-refractivity contribution is 8.12. The number of hydrogen-bond acceptors (Lipinski definition) is 5. The zero-order valence-corrected chi connectivity index (χ0v) is 19.2. The second-order valence-corrected chi connectivity index (χ2v) is 7.95. The van der Waals surface area contributed by atoms with Gasteiger partial charge in [-0.2, -0.15) is 0 Å². The molecule has 0 aliphatic carbocycles. The van der Waals surface area contributed by atoms with Crippen molar-refractivity contribution in [2.45, 2.75) is 64.5 Å². The van der Waals surface area contributed by atoms with Gasteiger partial charge in [-0.25, -0.2) is 0 Å². The molecule has 0 aromatic heterocycles. The van der Waals surface area contributed by atoms with Gasteiger partial charge in [0.2, 0.25) is 5.91 Å². The second-order valence-electron chi connectivity index (χ2n) is 6.80. The van der Waals surface area contributed by atoms with Crippen LogP contribution in [-0.2, 0) is 4.79 Å². The Morgan fingerprint density at radius 2 is 1.89 bits per heavy atom. The summed E-state index contributed by atoms with van der Waals surface area (Å²) in [6.07, 6.45) is 8.46. The Balaban J connectivity index is 0. The number of carbonyl (C=O) groups is 1. The average Bonchev–Trinajstić information content (AvgIpc) is 2.64. The SMILES string of the molecule is C=CC.CCCCC(CN1CCC(C(N)=O)CC1)SC=NCCC.CNC. The number of carbonyl (C=O) groups excluding carboxylic acids is 1. The van der Waals surface area contributed by atoms with Gasteiger partial charge >= 0.3 is 0 Å². The van der Waals surface area contributed by atoms with Gasteiger partial charge in [0.05, 0.1) is 5.55 Å². The smallest absolute Gasteiger partial charge is 0.220 e. The molecule has 1 heterocycles. The number of nitrogens with zero attached hydrogens (tertiary/aromatic N) is 2. The fraction of sp³-hybridized carbons (Fsp3) is 0.810. The van der Waals surface area contributed by atoms with Crippen LogP contribution >= 0.6 is 11.8 Å². The predicted molar refractivity (Wildman–Crippen MR) is 124 cm³/mol. The molecule has 0 bridgehead atoms. The largest absolute Gasteiger partial charge is 0.369 e. The van der Waals surface area contributed by atoms with E-state index < -0.39 is 0 Å². The van der Waals surface area contributed by atoms with E-state index in [1.54, 1.807) is 6.08 Å². The van der Waals surface area contributed by atoms with Gasteiger partial charge in [-0.15, -0.1) is 18.3 Å². The highest BCUT2D eigenvalue weighted by Gasteiger charge is 2.24. The lowest BCUT2D eigenvalue weighted by molar-refractivity contribution is -0.123. The van der Waals surface area contributed by atoms with E-state index in [0.717, 1.165) is 45.4 Å². The number of hydrogen-bond donors (Lipinski definition) is 2. The second kappa shape index (κ2) is 21.5. The number of amides is 1. The van der Waals surface area contributed by atoms with Crippen LogP contribution in [0, 0.1) is 5.92 Å². The molecule has 0 saturated carbocycles. The predicted octanol–water partition coefficient (Wildman–Crippen LogP) is 3.94. The topological polar surface area (TPSA) is 70.7 Å².